The van der Waals surface area contributed by atoms with E-state index in [0.29, 0.717) is 5.56 Å². The fourth-order valence-corrected chi connectivity index (χ4v) is 1.78. The summed E-state index contributed by atoms with van der Waals surface area (Å²) in [6, 6.07) is 1.54. The summed E-state index contributed by atoms with van der Waals surface area (Å²) in [7, 11) is 0. The minimum absolute atomic E-state index is 0.128. The van der Waals surface area contributed by atoms with Crippen molar-refractivity contribution in [3.63, 3.8) is 0 Å². The van der Waals surface area contributed by atoms with Crippen molar-refractivity contribution in [1.29, 1.82) is 0 Å². The lowest BCUT2D eigenvalue weighted by Gasteiger charge is -2.18. The first kappa shape index (κ1) is 18.9. The van der Waals surface area contributed by atoms with E-state index < -0.39 is 21.5 Å². The van der Waals surface area contributed by atoms with Gasteiger partial charge in [-0.05, 0) is 26.8 Å². The highest BCUT2D eigenvalue weighted by atomic mass is 35.5. The molecule has 0 aliphatic heterocycles. The molecule has 1 atom stereocenters. The summed E-state index contributed by atoms with van der Waals surface area (Å²) in [5.41, 5.74) is -0.109. The third-order valence-corrected chi connectivity index (χ3v) is 4.15. The summed E-state index contributed by atoms with van der Waals surface area (Å²) in [6.07, 6.45) is 1.38. The van der Waals surface area contributed by atoms with Gasteiger partial charge >= 0.3 is 0 Å². The Bertz CT molecular complexity index is 579. The normalized spacial score (nSPS) is 14.2. The Hall–Kier alpha value is -1.18. The molecule has 22 heavy (non-hydrogen) atoms. The van der Waals surface area contributed by atoms with Crippen molar-refractivity contribution in [3.8, 4) is 0 Å². The second-order valence-electron chi connectivity index (χ2n) is 6.78. The fraction of sp³-hybridized carbons (Fsp3) is 0.571. The standard InChI is InChI=1S/C14H21ClN4O2S/c1-13(2,3)12(20)17-10-7-9(11(15)19-18-10)8-16-22(21)14(4,5)6/h7-8H,1-6H3,(H,17,18,20)/b16-8+/t22-/m1/s1. The molecule has 1 aromatic rings. The molecule has 8 heteroatoms. The van der Waals surface area contributed by atoms with E-state index in [1.165, 1.54) is 6.21 Å². The third-order valence-electron chi connectivity index (χ3n) is 2.51. The Morgan fingerprint density at radius 1 is 1.32 bits per heavy atom. The molecule has 122 valence electrons. The van der Waals surface area contributed by atoms with E-state index in [9.17, 15) is 9.35 Å². The highest BCUT2D eigenvalue weighted by Gasteiger charge is 2.26. The van der Waals surface area contributed by atoms with E-state index in [1.807, 2.05) is 20.8 Å². The summed E-state index contributed by atoms with van der Waals surface area (Å²) in [6.45, 7) is 10.8. The minimum Gasteiger partial charge on any atom is -0.591 e. The number of aromatic nitrogens is 2. The first-order chi connectivity index (χ1) is 9.91. The maximum Gasteiger partial charge on any atom is 0.230 e. The molecule has 0 saturated carbocycles. The highest BCUT2D eigenvalue weighted by Crippen LogP contribution is 2.20. The van der Waals surface area contributed by atoms with Crippen LogP contribution in [-0.2, 0) is 16.2 Å². The molecule has 0 radical (unpaired) electrons. The molecule has 1 N–H and O–H groups in total. The number of hydrogen-bond donors (Lipinski definition) is 1. The van der Waals surface area contributed by atoms with Crippen LogP contribution < -0.4 is 5.32 Å². The van der Waals surface area contributed by atoms with Crippen molar-refractivity contribution >= 4 is 40.9 Å². The van der Waals surface area contributed by atoms with Gasteiger partial charge in [-0.2, -0.15) is 0 Å². The quantitative estimate of drug-likeness (QED) is 0.674. The minimum atomic E-state index is -1.40. The molecule has 1 rings (SSSR count). The van der Waals surface area contributed by atoms with Gasteiger partial charge in [0.15, 0.2) is 11.0 Å². The molecule has 1 aromatic heterocycles. The molecule has 0 unspecified atom stereocenters. The van der Waals surface area contributed by atoms with Crippen LogP contribution in [0, 0.1) is 5.41 Å². The van der Waals surface area contributed by atoms with Gasteiger partial charge in [-0.25, -0.2) is 0 Å². The Morgan fingerprint density at radius 3 is 2.41 bits per heavy atom. The maximum atomic E-state index is 11.9. The molecule has 0 fully saturated rings. The SMILES string of the molecule is CC(C)(C)C(=O)Nc1cc(/C=N/[S@+]([O-])C(C)(C)C)c(Cl)nn1. The van der Waals surface area contributed by atoms with Gasteiger partial charge in [0.25, 0.3) is 0 Å². The maximum absolute atomic E-state index is 11.9. The van der Waals surface area contributed by atoms with Crippen LogP contribution in [0.5, 0.6) is 0 Å². The predicted octanol–water partition coefficient (Wildman–Crippen LogP) is 3.00. The number of halogens is 1. The van der Waals surface area contributed by atoms with Crippen LogP contribution in [0.3, 0.4) is 0 Å². The number of nitrogens with one attached hydrogen (secondary N) is 1. The number of rotatable bonds is 3. The second-order valence-corrected chi connectivity index (χ2v) is 9.07. The zero-order valence-corrected chi connectivity index (χ0v) is 15.2. The van der Waals surface area contributed by atoms with E-state index in [-0.39, 0.29) is 16.9 Å². The smallest absolute Gasteiger partial charge is 0.230 e. The Kier molecular flexibility index (Phi) is 5.95. The number of carbonyl (C=O) groups is 1. The monoisotopic (exact) mass is 344 g/mol. The van der Waals surface area contributed by atoms with E-state index in [0.717, 1.165) is 0 Å². The largest absolute Gasteiger partial charge is 0.591 e. The van der Waals surface area contributed by atoms with Crippen molar-refractivity contribution in [2.45, 2.75) is 46.3 Å². The third kappa shape index (κ3) is 5.55. The van der Waals surface area contributed by atoms with Crippen molar-refractivity contribution in [2.24, 2.45) is 9.81 Å². The van der Waals surface area contributed by atoms with Crippen molar-refractivity contribution in [3.05, 3.63) is 16.8 Å². The van der Waals surface area contributed by atoms with E-state index in [4.69, 9.17) is 11.6 Å². The lowest BCUT2D eigenvalue weighted by molar-refractivity contribution is -0.123. The summed E-state index contributed by atoms with van der Waals surface area (Å²) >= 11 is 4.54. The molecule has 0 spiro atoms. The van der Waals surface area contributed by atoms with E-state index >= 15 is 0 Å². The molecule has 0 saturated heterocycles. The van der Waals surface area contributed by atoms with Crippen LogP contribution in [0.25, 0.3) is 0 Å². The van der Waals surface area contributed by atoms with Crippen molar-refractivity contribution in [1.82, 2.24) is 10.2 Å². The summed E-state index contributed by atoms with van der Waals surface area (Å²) < 4.78 is 15.4. The number of hydrogen-bond acceptors (Lipinski definition) is 5. The molecular weight excluding hydrogens is 324 g/mol. The number of nitrogens with zero attached hydrogens (tertiary/aromatic N) is 3. The van der Waals surface area contributed by atoms with Gasteiger partial charge in [0.05, 0.1) is 6.21 Å². The van der Waals surface area contributed by atoms with Gasteiger partial charge in [-0.1, -0.05) is 36.8 Å². The van der Waals surface area contributed by atoms with Gasteiger partial charge in [-0.3, -0.25) is 4.79 Å². The van der Waals surface area contributed by atoms with E-state index in [2.05, 4.69) is 19.9 Å². The highest BCUT2D eigenvalue weighted by molar-refractivity contribution is 7.91. The zero-order valence-electron chi connectivity index (χ0n) is 13.6. The van der Waals surface area contributed by atoms with Crippen LogP contribution in [0.15, 0.2) is 10.5 Å². The average Bonchev–Trinajstić information content (AvgIpc) is 2.36. The van der Waals surface area contributed by atoms with Gasteiger partial charge in [0.1, 0.15) is 16.1 Å². The predicted molar refractivity (Wildman–Crippen MR) is 90.6 cm³/mol. The summed E-state index contributed by atoms with van der Waals surface area (Å²) in [5, 5.41) is 10.4. The van der Waals surface area contributed by atoms with Gasteiger partial charge in [-0.15, -0.1) is 10.2 Å². The summed E-state index contributed by atoms with van der Waals surface area (Å²) in [5.74, 6) is 0.0811. The number of amides is 1. The van der Waals surface area contributed by atoms with Crippen LogP contribution in [-0.4, -0.2) is 31.6 Å². The Balaban J connectivity index is 2.96. The molecule has 0 aliphatic carbocycles. The molecule has 6 nitrogen and oxygen atoms in total. The first-order valence-electron chi connectivity index (χ1n) is 6.72. The zero-order chi connectivity index (χ0) is 17.1. The van der Waals surface area contributed by atoms with Crippen LogP contribution in [0.4, 0.5) is 5.82 Å². The van der Waals surface area contributed by atoms with Crippen LogP contribution in [0.1, 0.15) is 47.1 Å². The molecule has 0 aliphatic rings. The van der Waals surface area contributed by atoms with Crippen LogP contribution in [0.2, 0.25) is 5.15 Å². The molecule has 0 bridgehead atoms. The Morgan fingerprint density at radius 2 is 1.91 bits per heavy atom. The Labute approximate surface area is 139 Å². The average molecular weight is 345 g/mol. The number of anilines is 1. The lowest BCUT2D eigenvalue weighted by Crippen LogP contribution is -2.28. The summed E-state index contributed by atoms with van der Waals surface area (Å²) in [4.78, 5) is 11.9. The molecule has 1 heterocycles. The van der Waals surface area contributed by atoms with E-state index in [1.54, 1.807) is 26.8 Å². The lowest BCUT2D eigenvalue weighted by atomic mass is 9.96. The second kappa shape index (κ2) is 6.93. The van der Waals surface area contributed by atoms with Crippen LogP contribution >= 0.6 is 11.6 Å². The molecule has 1 amide bonds. The van der Waals surface area contributed by atoms with Crippen molar-refractivity contribution < 1.29 is 9.35 Å². The first-order valence-corrected chi connectivity index (χ1v) is 8.20. The van der Waals surface area contributed by atoms with Gasteiger partial charge < -0.3 is 9.87 Å². The topological polar surface area (TPSA) is 90.3 Å². The number of carbonyl (C=O) groups excluding carboxylic acids is 1. The molecule has 0 aromatic carbocycles. The molecular formula is C14H21ClN4O2S. The fourth-order valence-electron chi connectivity index (χ4n) is 1.11. The van der Waals surface area contributed by atoms with Gasteiger partial charge in [0, 0.05) is 11.0 Å². The van der Waals surface area contributed by atoms with Gasteiger partial charge in [0.2, 0.25) is 5.91 Å². The van der Waals surface area contributed by atoms with Crippen molar-refractivity contribution in [2.75, 3.05) is 5.32 Å².